The number of rotatable bonds is 2. The Labute approximate surface area is 124 Å². The second-order valence-corrected chi connectivity index (χ2v) is 5.67. The highest BCUT2D eigenvalue weighted by molar-refractivity contribution is 6.01. The van der Waals surface area contributed by atoms with Crippen LogP contribution in [0.15, 0.2) is 53.7 Å². The molecular weight excluding hydrogens is 256 g/mol. The van der Waals surface area contributed by atoms with E-state index in [-0.39, 0.29) is 0 Å². The Morgan fingerprint density at radius 3 is 2.76 bits per heavy atom. The largest absolute Gasteiger partial charge is 0.361 e. The van der Waals surface area contributed by atoms with Gasteiger partial charge in [-0.2, -0.15) is 0 Å². The first-order valence-corrected chi connectivity index (χ1v) is 7.63. The number of aromatic amines is 1. The van der Waals surface area contributed by atoms with E-state index in [0.717, 1.165) is 5.69 Å². The van der Waals surface area contributed by atoms with Crippen LogP contribution in [0, 0.1) is 0 Å². The van der Waals surface area contributed by atoms with Gasteiger partial charge < -0.3 is 4.98 Å². The van der Waals surface area contributed by atoms with Gasteiger partial charge >= 0.3 is 0 Å². The number of para-hydroxylation sites is 1. The number of aromatic nitrogens is 1. The first-order chi connectivity index (χ1) is 10.4. The van der Waals surface area contributed by atoms with E-state index in [0.29, 0.717) is 0 Å². The zero-order chi connectivity index (χ0) is 14.1. The first-order valence-electron chi connectivity index (χ1n) is 7.63. The molecule has 0 radical (unpaired) electrons. The number of hydrogen-bond acceptors (Lipinski definition) is 1. The van der Waals surface area contributed by atoms with Crippen molar-refractivity contribution in [2.75, 3.05) is 0 Å². The van der Waals surface area contributed by atoms with Gasteiger partial charge in [0, 0.05) is 23.4 Å². The Bertz CT molecular complexity index is 797. The molecule has 2 aromatic carbocycles. The second-order valence-electron chi connectivity index (χ2n) is 5.67. The lowest BCUT2D eigenvalue weighted by Crippen LogP contribution is -2.06. The minimum absolute atomic E-state index is 1.01. The van der Waals surface area contributed by atoms with Crippen LogP contribution in [0.5, 0.6) is 0 Å². The van der Waals surface area contributed by atoms with Crippen molar-refractivity contribution < 1.29 is 0 Å². The Morgan fingerprint density at radius 2 is 1.86 bits per heavy atom. The van der Waals surface area contributed by atoms with E-state index >= 15 is 0 Å². The van der Waals surface area contributed by atoms with Gasteiger partial charge in [-0.15, -0.1) is 0 Å². The molecule has 1 aliphatic carbocycles. The van der Waals surface area contributed by atoms with E-state index < -0.39 is 0 Å². The van der Waals surface area contributed by atoms with Gasteiger partial charge in [-0.1, -0.05) is 18.2 Å². The lowest BCUT2D eigenvalue weighted by atomic mass is 9.87. The van der Waals surface area contributed by atoms with Crippen LogP contribution in [0.3, 0.4) is 0 Å². The summed E-state index contributed by atoms with van der Waals surface area (Å²) >= 11 is 0. The molecule has 2 nitrogen and oxygen atoms in total. The molecule has 0 fully saturated rings. The summed E-state index contributed by atoms with van der Waals surface area (Å²) in [5.41, 5.74) is 6.48. The summed E-state index contributed by atoms with van der Waals surface area (Å²) in [7, 11) is 0. The fourth-order valence-electron chi connectivity index (χ4n) is 3.26. The average molecular weight is 274 g/mol. The highest BCUT2D eigenvalue weighted by Gasteiger charge is 2.16. The molecule has 0 bridgehead atoms. The second kappa shape index (κ2) is 5.21. The lowest BCUT2D eigenvalue weighted by molar-refractivity contribution is 0.686. The molecular formula is C19H18N2. The predicted molar refractivity (Wildman–Crippen MR) is 88.6 cm³/mol. The van der Waals surface area contributed by atoms with Crippen LogP contribution >= 0.6 is 0 Å². The van der Waals surface area contributed by atoms with Crippen LogP contribution in [-0.2, 0) is 12.8 Å². The molecule has 1 aromatic heterocycles. The minimum atomic E-state index is 1.01. The normalized spacial score (nSPS) is 14.7. The topological polar surface area (TPSA) is 28.1 Å². The molecule has 0 saturated carbocycles. The van der Waals surface area contributed by atoms with Gasteiger partial charge in [0.15, 0.2) is 0 Å². The third-order valence-electron chi connectivity index (χ3n) is 4.31. The van der Waals surface area contributed by atoms with Crippen LogP contribution < -0.4 is 0 Å². The zero-order valence-electron chi connectivity index (χ0n) is 12.0. The number of aliphatic imine (C=N–C) groups is 1. The summed E-state index contributed by atoms with van der Waals surface area (Å²) in [6, 6.07) is 14.7. The highest BCUT2D eigenvalue weighted by Crippen LogP contribution is 2.30. The van der Waals surface area contributed by atoms with Crippen molar-refractivity contribution in [1.82, 2.24) is 4.98 Å². The standard InChI is InChI=1S/C19H18N2/c1-2-7-16(8-3-1)21-13-18-17-9-5-4-6-14(17)12-15-10-11-20-19(15)18/h1-3,7-8,10-13,20H,4-6,9H2/b21-13+. The third-order valence-corrected chi connectivity index (χ3v) is 4.31. The molecule has 1 N–H and O–H groups in total. The minimum Gasteiger partial charge on any atom is -0.361 e. The SMILES string of the molecule is C(=N\c1ccccc1)/c1c2c(cc3cc[nH]c13)CCCC2. The Kier molecular flexibility index (Phi) is 3.07. The van der Waals surface area contributed by atoms with Crippen molar-refractivity contribution in [3.05, 3.63) is 65.4 Å². The molecule has 0 amide bonds. The van der Waals surface area contributed by atoms with E-state index in [9.17, 15) is 0 Å². The first kappa shape index (κ1) is 12.4. The maximum absolute atomic E-state index is 4.67. The molecule has 1 aliphatic rings. The molecule has 0 unspecified atom stereocenters. The van der Waals surface area contributed by atoms with Gasteiger partial charge in [0.1, 0.15) is 0 Å². The number of fused-ring (bicyclic) bond motifs is 2. The molecule has 2 heteroatoms. The molecule has 4 rings (SSSR count). The van der Waals surface area contributed by atoms with Gasteiger partial charge in [0.05, 0.1) is 11.2 Å². The van der Waals surface area contributed by atoms with E-state index in [1.54, 1.807) is 0 Å². The van der Waals surface area contributed by atoms with E-state index in [4.69, 9.17) is 0 Å². The van der Waals surface area contributed by atoms with Crippen molar-refractivity contribution in [3.63, 3.8) is 0 Å². The van der Waals surface area contributed by atoms with E-state index in [2.05, 4.69) is 22.1 Å². The Hall–Kier alpha value is -2.35. The molecule has 0 saturated heterocycles. The smallest absolute Gasteiger partial charge is 0.0629 e. The molecule has 1 heterocycles. The summed E-state index contributed by atoms with van der Waals surface area (Å²) in [5.74, 6) is 0. The van der Waals surface area contributed by atoms with Crippen molar-refractivity contribution in [2.24, 2.45) is 4.99 Å². The number of benzene rings is 2. The highest BCUT2D eigenvalue weighted by atomic mass is 14.7. The molecule has 0 atom stereocenters. The monoisotopic (exact) mass is 274 g/mol. The summed E-state index contributed by atoms with van der Waals surface area (Å²) in [6.07, 6.45) is 9.01. The predicted octanol–water partition coefficient (Wildman–Crippen LogP) is 4.80. The summed E-state index contributed by atoms with van der Waals surface area (Å²) in [5, 5.41) is 1.30. The van der Waals surface area contributed by atoms with Gasteiger partial charge in [0.2, 0.25) is 0 Å². The van der Waals surface area contributed by atoms with Gasteiger partial charge in [-0.05, 0) is 61.1 Å². The summed E-state index contributed by atoms with van der Waals surface area (Å²) < 4.78 is 0. The fourth-order valence-corrected chi connectivity index (χ4v) is 3.26. The Balaban J connectivity index is 1.86. The van der Waals surface area contributed by atoms with Crippen molar-refractivity contribution >= 4 is 22.8 Å². The number of H-pyrrole nitrogens is 1. The summed E-state index contributed by atoms with van der Waals surface area (Å²) in [4.78, 5) is 8.05. The quantitative estimate of drug-likeness (QED) is 0.650. The van der Waals surface area contributed by atoms with Crippen molar-refractivity contribution in [2.45, 2.75) is 25.7 Å². The van der Waals surface area contributed by atoms with Gasteiger partial charge in [0.25, 0.3) is 0 Å². The third kappa shape index (κ3) is 2.27. The fraction of sp³-hybridized carbons (Fsp3) is 0.211. The maximum atomic E-state index is 4.67. The molecule has 0 aliphatic heterocycles. The van der Waals surface area contributed by atoms with Crippen molar-refractivity contribution in [1.29, 1.82) is 0 Å². The lowest BCUT2D eigenvalue weighted by Gasteiger charge is -2.18. The number of hydrogen-bond donors (Lipinski definition) is 1. The van der Waals surface area contributed by atoms with Crippen LogP contribution in [0.2, 0.25) is 0 Å². The summed E-state index contributed by atoms with van der Waals surface area (Å²) in [6.45, 7) is 0. The zero-order valence-corrected chi connectivity index (χ0v) is 12.0. The molecule has 3 aromatic rings. The van der Waals surface area contributed by atoms with Gasteiger partial charge in [-0.3, -0.25) is 4.99 Å². The number of aryl methyl sites for hydroxylation is 1. The molecule has 0 spiro atoms. The van der Waals surface area contributed by atoms with E-state index in [1.807, 2.05) is 42.7 Å². The van der Waals surface area contributed by atoms with Crippen molar-refractivity contribution in [3.8, 4) is 0 Å². The van der Waals surface area contributed by atoms with Gasteiger partial charge in [-0.25, -0.2) is 0 Å². The maximum Gasteiger partial charge on any atom is 0.0629 e. The Morgan fingerprint density at radius 1 is 1.00 bits per heavy atom. The average Bonchev–Trinajstić information content (AvgIpc) is 3.00. The van der Waals surface area contributed by atoms with E-state index in [1.165, 1.54) is 53.3 Å². The van der Waals surface area contributed by atoms with Crippen LogP contribution in [0.4, 0.5) is 5.69 Å². The van der Waals surface area contributed by atoms with Crippen LogP contribution in [0.25, 0.3) is 10.9 Å². The van der Waals surface area contributed by atoms with Crippen LogP contribution in [-0.4, -0.2) is 11.2 Å². The molecule has 21 heavy (non-hydrogen) atoms. The number of nitrogens with one attached hydrogen (secondary N) is 1. The number of nitrogens with zero attached hydrogens (tertiary/aromatic N) is 1. The molecule has 104 valence electrons. The van der Waals surface area contributed by atoms with Crippen LogP contribution in [0.1, 0.15) is 29.5 Å².